The van der Waals surface area contributed by atoms with Crippen LogP contribution in [0.25, 0.3) is 0 Å². The van der Waals surface area contributed by atoms with Crippen LogP contribution in [0.3, 0.4) is 0 Å². The Kier molecular flexibility index (Phi) is 5.02. The quantitative estimate of drug-likeness (QED) is 0.834. The van der Waals surface area contributed by atoms with Crippen LogP contribution >= 0.6 is 0 Å². The van der Waals surface area contributed by atoms with Crippen molar-refractivity contribution in [1.82, 2.24) is 5.32 Å². The molecule has 0 aliphatic carbocycles. The van der Waals surface area contributed by atoms with E-state index in [1.54, 1.807) is 0 Å². The number of hydrogen-bond acceptors (Lipinski definition) is 2. The van der Waals surface area contributed by atoms with E-state index in [1.807, 2.05) is 0 Å². The van der Waals surface area contributed by atoms with E-state index in [0.29, 0.717) is 0 Å². The van der Waals surface area contributed by atoms with E-state index in [9.17, 15) is 0 Å². The summed E-state index contributed by atoms with van der Waals surface area (Å²) < 4.78 is 5.97. The van der Waals surface area contributed by atoms with E-state index in [4.69, 9.17) is 4.42 Å². The predicted octanol–water partition coefficient (Wildman–Crippen LogP) is 4.55. The molecule has 2 rings (SSSR count). The van der Waals surface area contributed by atoms with E-state index in [2.05, 4.69) is 63.3 Å². The van der Waals surface area contributed by atoms with Crippen LogP contribution in [0.2, 0.25) is 0 Å². The first-order chi connectivity index (χ1) is 9.65. The topological polar surface area (TPSA) is 25.2 Å². The van der Waals surface area contributed by atoms with E-state index in [0.717, 1.165) is 30.9 Å². The first-order valence-electron chi connectivity index (χ1n) is 7.54. The fourth-order valence-electron chi connectivity index (χ4n) is 2.54. The fourth-order valence-corrected chi connectivity index (χ4v) is 2.54. The van der Waals surface area contributed by atoms with Gasteiger partial charge in [0.1, 0.15) is 11.5 Å². The van der Waals surface area contributed by atoms with Crippen LogP contribution < -0.4 is 5.32 Å². The van der Waals surface area contributed by atoms with Gasteiger partial charge in [-0.1, -0.05) is 37.6 Å². The van der Waals surface area contributed by atoms with Gasteiger partial charge in [-0.05, 0) is 50.1 Å². The van der Waals surface area contributed by atoms with Crippen molar-refractivity contribution in [2.75, 3.05) is 6.54 Å². The summed E-state index contributed by atoms with van der Waals surface area (Å²) in [4.78, 5) is 0. The monoisotopic (exact) mass is 271 g/mol. The molecule has 2 heteroatoms. The normalized spacial score (nSPS) is 12.6. The molecule has 0 saturated heterocycles. The van der Waals surface area contributed by atoms with Crippen LogP contribution in [0.15, 0.2) is 34.7 Å². The Morgan fingerprint density at radius 2 is 1.90 bits per heavy atom. The van der Waals surface area contributed by atoms with Crippen LogP contribution in [0.4, 0.5) is 0 Å². The average molecular weight is 271 g/mol. The summed E-state index contributed by atoms with van der Waals surface area (Å²) in [6.07, 6.45) is 2.05. The lowest BCUT2D eigenvalue weighted by Crippen LogP contribution is -2.23. The molecule has 1 unspecified atom stereocenters. The number of nitrogens with one attached hydrogen (secondary N) is 1. The van der Waals surface area contributed by atoms with Crippen LogP contribution in [0, 0.1) is 13.8 Å². The zero-order valence-electron chi connectivity index (χ0n) is 13.0. The van der Waals surface area contributed by atoms with Gasteiger partial charge in [0.2, 0.25) is 0 Å². The van der Waals surface area contributed by atoms with Crippen LogP contribution in [-0.2, 0) is 6.42 Å². The summed E-state index contributed by atoms with van der Waals surface area (Å²) in [6, 6.07) is 11.0. The molecule has 108 valence electrons. The van der Waals surface area contributed by atoms with Crippen molar-refractivity contribution in [3.05, 3.63) is 58.5 Å². The van der Waals surface area contributed by atoms with Crippen molar-refractivity contribution in [2.45, 2.75) is 46.6 Å². The molecule has 0 fully saturated rings. The fraction of sp³-hybridized carbons (Fsp3) is 0.444. The molecule has 20 heavy (non-hydrogen) atoms. The summed E-state index contributed by atoms with van der Waals surface area (Å²) in [5.74, 6) is 2.07. The highest BCUT2D eigenvalue weighted by molar-refractivity contribution is 5.36. The van der Waals surface area contributed by atoms with Crippen LogP contribution in [-0.4, -0.2) is 6.54 Å². The molecule has 1 aromatic heterocycles. The van der Waals surface area contributed by atoms with Gasteiger partial charge in [0.15, 0.2) is 0 Å². The summed E-state index contributed by atoms with van der Waals surface area (Å²) in [6.45, 7) is 9.60. The van der Waals surface area contributed by atoms with E-state index >= 15 is 0 Å². The van der Waals surface area contributed by atoms with Gasteiger partial charge in [-0.15, -0.1) is 0 Å². The Morgan fingerprint density at radius 1 is 1.10 bits per heavy atom. The van der Waals surface area contributed by atoms with Crippen LogP contribution in [0.1, 0.15) is 54.5 Å². The van der Waals surface area contributed by atoms with Gasteiger partial charge in [0.25, 0.3) is 0 Å². The smallest absolute Gasteiger partial charge is 0.125 e. The van der Waals surface area contributed by atoms with E-state index in [1.165, 1.54) is 16.7 Å². The Bertz CT molecular complexity index is 556. The van der Waals surface area contributed by atoms with Crippen molar-refractivity contribution in [3.63, 3.8) is 0 Å². The van der Waals surface area contributed by atoms with Crippen molar-refractivity contribution in [1.29, 1.82) is 0 Å². The van der Waals surface area contributed by atoms with E-state index in [-0.39, 0.29) is 6.04 Å². The lowest BCUT2D eigenvalue weighted by Gasteiger charge is -2.19. The standard InChI is InChI=1S/C18H25NO/c1-5-11-19-18(17-10-8-15(6-2)20-17)16-9-7-13(3)12-14(16)4/h7-10,12,18-19H,5-6,11H2,1-4H3. The number of rotatable bonds is 6. The second-order valence-electron chi connectivity index (χ2n) is 5.40. The van der Waals surface area contributed by atoms with Gasteiger partial charge in [-0.25, -0.2) is 0 Å². The Labute approximate surface area is 122 Å². The number of benzene rings is 1. The van der Waals surface area contributed by atoms with E-state index < -0.39 is 0 Å². The van der Waals surface area contributed by atoms with Crippen LogP contribution in [0.5, 0.6) is 0 Å². The molecule has 0 saturated carbocycles. The highest BCUT2D eigenvalue weighted by Gasteiger charge is 2.18. The van der Waals surface area contributed by atoms with Crippen molar-refractivity contribution in [2.24, 2.45) is 0 Å². The molecule has 2 nitrogen and oxygen atoms in total. The highest BCUT2D eigenvalue weighted by atomic mass is 16.3. The number of furan rings is 1. The van der Waals surface area contributed by atoms with Crippen molar-refractivity contribution < 1.29 is 4.42 Å². The predicted molar refractivity (Wildman–Crippen MR) is 84.1 cm³/mol. The molecule has 1 atom stereocenters. The molecule has 1 N–H and O–H groups in total. The first-order valence-corrected chi connectivity index (χ1v) is 7.54. The molecule has 0 spiro atoms. The lowest BCUT2D eigenvalue weighted by molar-refractivity contribution is 0.421. The molecule has 0 bridgehead atoms. The zero-order valence-corrected chi connectivity index (χ0v) is 13.0. The molecule has 0 aliphatic heterocycles. The van der Waals surface area contributed by atoms with Gasteiger partial charge < -0.3 is 9.73 Å². The maximum atomic E-state index is 5.97. The van der Waals surface area contributed by atoms with Gasteiger partial charge in [-0.2, -0.15) is 0 Å². The third kappa shape index (κ3) is 3.31. The molecule has 2 aromatic rings. The maximum absolute atomic E-state index is 5.97. The lowest BCUT2D eigenvalue weighted by atomic mass is 9.97. The minimum atomic E-state index is 0.149. The van der Waals surface area contributed by atoms with Crippen molar-refractivity contribution >= 4 is 0 Å². The molecular formula is C18H25NO. The van der Waals surface area contributed by atoms with Gasteiger partial charge >= 0.3 is 0 Å². The Morgan fingerprint density at radius 3 is 2.50 bits per heavy atom. The number of aryl methyl sites for hydroxylation is 3. The minimum absolute atomic E-state index is 0.149. The second kappa shape index (κ2) is 6.76. The molecule has 1 aromatic carbocycles. The van der Waals surface area contributed by atoms with Gasteiger partial charge in [0, 0.05) is 6.42 Å². The summed E-state index contributed by atoms with van der Waals surface area (Å²) in [5, 5.41) is 3.61. The Balaban J connectivity index is 2.35. The molecule has 1 heterocycles. The maximum Gasteiger partial charge on any atom is 0.125 e. The number of hydrogen-bond donors (Lipinski definition) is 1. The molecular weight excluding hydrogens is 246 g/mol. The SMILES string of the molecule is CCCNC(c1ccc(CC)o1)c1ccc(C)cc1C. The largest absolute Gasteiger partial charge is 0.464 e. The average Bonchev–Trinajstić information content (AvgIpc) is 2.90. The summed E-state index contributed by atoms with van der Waals surface area (Å²) in [7, 11) is 0. The minimum Gasteiger partial charge on any atom is -0.464 e. The van der Waals surface area contributed by atoms with Gasteiger partial charge in [-0.3, -0.25) is 0 Å². The molecule has 0 radical (unpaired) electrons. The third-order valence-corrected chi connectivity index (χ3v) is 3.65. The third-order valence-electron chi connectivity index (χ3n) is 3.65. The second-order valence-corrected chi connectivity index (χ2v) is 5.40. The Hall–Kier alpha value is -1.54. The highest BCUT2D eigenvalue weighted by Crippen LogP contribution is 2.27. The summed E-state index contributed by atoms with van der Waals surface area (Å²) >= 11 is 0. The summed E-state index contributed by atoms with van der Waals surface area (Å²) in [5.41, 5.74) is 3.92. The molecule has 0 aliphatic rings. The molecule has 0 amide bonds. The zero-order chi connectivity index (χ0) is 14.5. The van der Waals surface area contributed by atoms with Gasteiger partial charge in [0.05, 0.1) is 6.04 Å². The van der Waals surface area contributed by atoms with Crippen molar-refractivity contribution in [3.8, 4) is 0 Å². The first kappa shape index (κ1) is 14.9.